The molecule has 0 spiro atoms. The van der Waals surface area contributed by atoms with Crippen molar-refractivity contribution in [1.82, 2.24) is 0 Å². The molecule has 0 bridgehead atoms. The summed E-state index contributed by atoms with van der Waals surface area (Å²) < 4.78 is 6.00. The van der Waals surface area contributed by atoms with E-state index in [-0.39, 0.29) is 17.3 Å². The molecule has 2 saturated heterocycles. The van der Waals surface area contributed by atoms with Crippen molar-refractivity contribution in [2.24, 2.45) is 11.8 Å². The zero-order chi connectivity index (χ0) is 19.7. The number of benzene rings is 2. The van der Waals surface area contributed by atoms with Crippen LogP contribution in [-0.4, -0.2) is 31.7 Å². The summed E-state index contributed by atoms with van der Waals surface area (Å²) in [5, 5.41) is 0. The Morgan fingerprint density at radius 2 is 1.55 bits per heavy atom. The molecule has 3 aliphatic rings. The van der Waals surface area contributed by atoms with Gasteiger partial charge >= 0.3 is 5.97 Å². The smallest absolute Gasteiger partial charge is 0.310 e. The van der Waals surface area contributed by atoms with Gasteiger partial charge in [0.2, 0.25) is 0 Å². The maximum Gasteiger partial charge on any atom is 0.310 e. The van der Waals surface area contributed by atoms with Crippen LogP contribution in [-0.2, 0) is 14.9 Å². The van der Waals surface area contributed by atoms with Gasteiger partial charge in [-0.2, -0.15) is 0 Å². The zero-order valence-electron chi connectivity index (χ0n) is 17.2. The lowest BCUT2D eigenvalue weighted by molar-refractivity contribution is -0.940. The average molecular weight is 391 g/mol. The van der Waals surface area contributed by atoms with Crippen molar-refractivity contribution in [2.75, 3.05) is 19.7 Å². The van der Waals surface area contributed by atoms with Gasteiger partial charge in [0, 0.05) is 11.3 Å². The molecule has 29 heavy (non-hydrogen) atoms. The van der Waals surface area contributed by atoms with Crippen molar-refractivity contribution in [3.8, 4) is 0 Å². The molecule has 0 aromatic heterocycles. The summed E-state index contributed by atoms with van der Waals surface area (Å²) in [6, 6.07) is 21.7. The first-order valence-electron chi connectivity index (χ1n) is 11.4. The average Bonchev–Trinajstić information content (AvgIpc) is 3.56. The number of hydrogen-bond donors (Lipinski definition) is 1. The molecular formula is C26H32NO2+. The normalized spacial score (nSPS) is 30.2. The predicted molar refractivity (Wildman–Crippen MR) is 114 cm³/mol. The molecule has 1 N–H and O–H groups in total. The first kappa shape index (κ1) is 18.9. The molecule has 2 aromatic carbocycles. The Labute approximate surface area is 174 Å². The highest BCUT2D eigenvalue weighted by Crippen LogP contribution is 2.59. The van der Waals surface area contributed by atoms with Crippen molar-refractivity contribution in [3.63, 3.8) is 0 Å². The zero-order valence-corrected chi connectivity index (χ0v) is 17.2. The van der Waals surface area contributed by atoms with Gasteiger partial charge in [-0.3, -0.25) is 4.79 Å². The molecule has 1 unspecified atom stereocenters. The largest absolute Gasteiger partial charge is 0.465 e. The van der Waals surface area contributed by atoms with Crippen LogP contribution in [0.4, 0.5) is 0 Å². The third-order valence-electron chi connectivity index (χ3n) is 7.69. The second-order valence-electron chi connectivity index (χ2n) is 9.25. The molecule has 0 radical (unpaired) electrons. The molecule has 5 rings (SSSR count). The van der Waals surface area contributed by atoms with Crippen molar-refractivity contribution >= 4 is 5.97 Å². The van der Waals surface area contributed by atoms with Gasteiger partial charge in [0.25, 0.3) is 0 Å². The van der Waals surface area contributed by atoms with E-state index in [1.54, 1.807) is 4.90 Å². The van der Waals surface area contributed by atoms with E-state index in [9.17, 15) is 4.79 Å². The van der Waals surface area contributed by atoms with Gasteiger partial charge in [0.1, 0.15) is 0 Å². The van der Waals surface area contributed by atoms with Gasteiger partial charge < -0.3 is 9.64 Å². The molecule has 152 valence electrons. The Morgan fingerprint density at radius 1 is 0.897 bits per heavy atom. The topological polar surface area (TPSA) is 30.7 Å². The number of rotatable bonds is 5. The van der Waals surface area contributed by atoms with E-state index >= 15 is 0 Å². The maximum atomic E-state index is 13.1. The van der Waals surface area contributed by atoms with Gasteiger partial charge in [0.05, 0.1) is 31.7 Å². The molecule has 2 heterocycles. The summed E-state index contributed by atoms with van der Waals surface area (Å²) in [5.41, 5.74) is 2.25. The van der Waals surface area contributed by atoms with Gasteiger partial charge in [-0.25, -0.2) is 0 Å². The fraction of sp³-hybridized carbons (Fsp3) is 0.500. The van der Waals surface area contributed by atoms with Crippen LogP contribution in [0.3, 0.4) is 0 Å². The highest BCUT2D eigenvalue weighted by Gasteiger charge is 2.61. The van der Waals surface area contributed by atoms with Gasteiger partial charge in [-0.05, 0) is 49.7 Å². The van der Waals surface area contributed by atoms with Crippen LogP contribution in [0.1, 0.15) is 49.7 Å². The summed E-state index contributed by atoms with van der Waals surface area (Å²) in [4.78, 5) is 14.9. The number of carbonyl (C=O) groups is 1. The molecule has 3 fully saturated rings. The Morgan fingerprint density at radius 3 is 2.24 bits per heavy atom. The number of fused-ring (bicyclic) bond motifs is 1. The SMILES string of the molecule is O=C(OC[C@H]1CCC[NH+]2CCCC[C@H]12)[C@H]1CC1(c1ccccc1)c1ccccc1. The number of nitrogens with one attached hydrogen (secondary N) is 1. The summed E-state index contributed by atoms with van der Waals surface area (Å²) >= 11 is 0. The van der Waals surface area contributed by atoms with Crippen LogP contribution in [0.25, 0.3) is 0 Å². The van der Waals surface area contributed by atoms with E-state index in [0.717, 1.165) is 6.42 Å². The lowest BCUT2D eigenvalue weighted by Crippen LogP contribution is -3.18. The first-order valence-corrected chi connectivity index (χ1v) is 11.4. The molecular weight excluding hydrogens is 358 g/mol. The summed E-state index contributed by atoms with van der Waals surface area (Å²) in [6.07, 6.45) is 7.35. The fourth-order valence-corrected chi connectivity index (χ4v) is 6.09. The standard InChI is InChI=1S/C26H31NO2/c28-25(29-19-20-10-9-17-27-16-8-7-15-24(20)27)23-18-26(23,21-11-3-1-4-12-21)22-13-5-2-6-14-22/h1-6,11-14,20,23-24H,7-10,15-19H2/p+1/t20-,23-,24-/m1/s1. The minimum absolute atomic E-state index is 0.000592. The molecule has 3 heteroatoms. The number of ether oxygens (including phenoxy) is 1. The number of hydrogen-bond acceptors (Lipinski definition) is 2. The van der Waals surface area contributed by atoms with Crippen LogP contribution >= 0.6 is 0 Å². The lowest BCUT2D eigenvalue weighted by Gasteiger charge is -2.41. The number of quaternary nitrogens is 1. The number of esters is 1. The molecule has 2 aromatic rings. The van der Waals surface area contributed by atoms with Crippen molar-refractivity contribution in [3.05, 3.63) is 71.8 Å². The van der Waals surface area contributed by atoms with Crippen molar-refractivity contribution in [1.29, 1.82) is 0 Å². The van der Waals surface area contributed by atoms with E-state index in [1.165, 1.54) is 56.3 Å². The highest BCUT2D eigenvalue weighted by molar-refractivity contribution is 5.81. The summed E-state index contributed by atoms with van der Waals surface area (Å²) in [5.74, 6) is 0.482. The predicted octanol–water partition coefficient (Wildman–Crippen LogP) is 3.38. The van der Waals surface area contributed by atoms with E-state index in [1.807, 2.05) is 12.1 Å². The summed E-state index contributed by atoms with van der Waals surface area (Å²) in [6.45, 7) is 3.23. The Hall–Kier alpha value is -2.13. The quantitative estimate of drug-likeness (QED) is 0.794. The molecule has 1 saturated carbocycles. The van der Waals surface area contributed by atoms with Crippen LogP contribution in [0.2, 0.25) is 0 Å². The second kappa shape index (κ2) is 7.95. The fourth-order valence-electron chi connectivity index (χ4n) is 6.09. The van der Waals surface area contributed by atoms with Crippen molar-refractivity contribution in [2.45, 2.75) is 50.0 Å². The van der Waals surface area contributed by atoms with Crippen LogP contribution < -0.4 is 4.90 Å². The van der Waals surface area contributed by atoms with E-state index in [2.05, 4.69) is 48.5 Å². The molecule has 1 aliphatic carbocycles. The third-order valence-corrected chi connectivity index (χ3v) is 7.69. The van der Waals surface area contributed by atoms with E-state index < -0.39 is 0 Å². The Kier molecular flexibility index (Phi) is 5.17. The van der Waals surface area contributed by atoms with Gasteiger partial charge in [-0.15, -0.1) is 0 Å². The summed E-state index contributed by atoms with van der Waals surface area (Å²) in [7, 11) is 0. The monoisotopic (exact) mass is 390 g/mol. The number of carbonyl (C=O) groups excluding carboxylic acids is 1. The molecule has 0 amide bonds. The Balaban J connectivity index is 1.30. The number of piperidine rings is 2. The first-order chi connectivity index (χ1) is 14.3. The highest BCUT2D eigenvalue weighted by atomic mass is 16.5. The van der Waals surface area contributed by atoms with Crippen LogP contribution in [0, 0.1) is 11.8 Å². The third kappa shape index (κ3) is 3.50. The van der Waals surface area contributed by atoms with Crippen molar-refractivity contribution < 1.29 is 14.4 Å². The van der Waals surface area contributed by atoms with Gasteiger partial charge in [0.15, 0.2) is 0 Å². The van der Waals surface area contributed by atoms with Crippen LogP contribution in [0.5, 0.6) is 0 Å². The van der Waals surface area contributed by atoms with Crippen LogP contribution in [0.15, 0.2) is 60.7 Å². The molecule has 2 aliphatic heterocycles. The second-order valence-corrected chi connectivity index (χ2v) is 9.25. The van der Waals surface area contributed by atoms with Gasteiger partial charge in [-0.1, -0.05) is 60.7 Å². The maximum absolute atomic E-state index is 13.1. The molecule has 3 nitrogen and oxygen atoms in total. The van der Waals surface area contributed by atoms with E-state index in [0.29, 0.717) is 18.6 Å². The molecule has 4 atom stereocenters. The van der Waals surface area contributed by atoms with E-state index in [4.69, 9.17) is 4.74 Å². The lowest BCUT2D eigenvalue weighted by atomic mass is 9.84. The Bertz CT molecular complexity index is 793. The minimum atomic E-state index is -0.214. The minimum Gasteiger partial charge on any atom is -0.465 e.